The molecule has 3 aromatic rings. The van der Waals surface area contributed by atoms with Crippen LogP contribution < -0.4 is 11.0 Å². The van der Waals surface area contributed by atoms with Gasteiger partial charge in [-0.25, -0.2) is 14.1 Å². The third-order valence-electron chi connectivity index (χ3n) is 4.46. The number of nitrogens with one attached hydrogen (secondary N) is 1. The molecule has 0 fully saturated rings. The summed E-state index contributed by atoms with van der Waals surface area (Å²) >= 11 is 1.57. The Morgan fingerprint density at radius 1 is 1.32 bits per heavy atom. The van der Waals surface area contributed by atoms with E-state index in [-0.39, 0.29) is 11.1 Å². The SMILES string of the molecule is Cc1nc2sc3c(c2c(=O)n1NC(=O)c1cccc(F)c1)CCCC3. The van der Waals surface area contributed by atoms with Crippen LogP contribution in [-0.4, -0.2) is 15.6 Å². The fourth-order valence-corrected chi connectivity index (χ4v) is 4.53. The van der Waals surface area contributed by atoms with Crippen molar-refractivity contribution in [3.8, 4) is 0 Å². The van der Waals surface area contributed by atoms with Crippen molar-refractivity contribution in [1.29, 1.82) is 0 Å². The molecule has 4 rings (SSSR count). The summed E-state index contributed by atoms with van der Waals surface area (Å²) in [5.74, 6) is -0.645. The highest BCUT2D eigenvalue weighted by Gasteiger charge is 2.22. The van der Waals surface area contributed by atoms with Crippen molar-refractivity contribution in [2.24, 2.45) is 0 Å². The summed E-state index contributed by atoms with van der Waals surface area (Å²) in [6.45, 7) is 1.67. The number of amides is 1. The summed E-state index contributed by atoms with van der Waals surface area (Å²) in [5.41, 5.74) is 3.50. The Hall–Kier alpha value is -2.54. The average molecular weight is 357 g/mol. The first kappa shape index (κ1) is 16.0. The van der Waals surface area contributed by atoms with Crippen molar-refractivity contribution in [2.75, 3.05) is 5.43 Å². The van der Waals surface area contributed by atoms with E-state index in [1.54, 1.807) is 18.3 Å². The molecular weight excluding hydrogens is 341 g/mol. The molecule has 1 aromatic carbocycles. The van der Waals surface area contributed by atoms with Gasteiger partial charge in [-0.2, -0.15) is 0 Å². The lowest BCUT2D eigenvalue weighted by atomic mass is 9.97. The molecule has 0 saturated carbocycles. The van der Waals surface area contributed by atoms with Crippen LogP contribution >= 0.6 is 11.3 Å². The van der Waals surface area contributed by atoms with Crippen molar-refractivity contribution in [2.45, 2.75) is 32.6 Å². The lowest BCUT2D eigenvalue weighted by Gasteiger charge is -2.13. The number of fused-ring (bicyclic) bond motifs is 3. The standard InChI is InChI=1S/C18H16FN3O2S/c1-10-20-17-15(13-7-2-3-8-14(13)25-17)18(24)22(10)21-16(23)11-5-4-6-12(19)9-11/h4-6,9H,2-3,7-8H2,1H3,(H,21,23). The molecule has 2 aromatic heterocycles. The Morgan fingerprint density at radius 2 is 2.12 bits per heavy atom. The van der Waals surface area contributed by atoms with Crippen molar-refractivity contribution >= 4 is 27.5 Å². The zero-order chi connectivity index (χ0) is 17.6. The average Bonchev–Trinajstić information content (AvgIpc) is 2.96. The van der Waals surface area contributed by atoms with Crippen LogP contribution in [0.15, 0.2) is 29.1 Å². The van der Waals surface area contributed by atoms with Crippen molar-refractivity contribution in [3.63, 3.8) is 0 Å². The molecule has 0 atom stereocenters. The monoisotopic (exact) mass is 357 g/mol. The van der Waals surface area contributed by atoms with Crippen LogP contribution in [0.1, 0.15) is 39.5 Å². The molecule has 128 valence electrons. The zero-order valence-corrected chi connectivity index (χ0v) is 14.5. The molecule has 1 N–H and O–H groups in total. The van der Waals surface area contributed by atoms with Gasteiger partial charge in [0.05, 0.1) is 5.39 Å². The number of hydrogen-bond acceptors (Lipinski definition) is 4. The van der Waals surface area contributed by atoms with E-state index in [0.717, 1.165) is 46.8 Å². The molecular formula is C18H16FN3O2S. The largest absolute Gasteiger partial charge is 0.281 e. The molecule has 25 heavy (non-hydrogen) atoms. The second-order valence-corrected chi connectivity index (χ2v) is 7.23. The third-order valence-corrected chi connectivity index (χ3v) is 5.64. The van der Waals surface area contributed by atoms with Gasteiger partial charge in [-0.05, 0) is 56.4 Å². The molecule has 0 bridgehead atoms. The van der Waals surface area contributed by atoms with Crippen LogP contribution in [0.5, 0.6) is 0 Å². The van der Waals surface area contributed by atoms with Crippen LogP contribution in [0.2, 0.25) is 0 Å². The number of hydrogen-bond donors (Lipinski definition) is 1. The number of rotatable bonds is 2. The molecule has 1 amide bonds. The van der Waals surface area contributed by atoms with Crippen LogP contribution in [-0.2, 0) is 12.8 Å². The second-order valence-electron chi connectivity index (χ2n) is 6.14. The molecule has 5 nitrogen and oxygen atoms in total. The fraction of sp³-hybridized carbons (Fsp3) is 0.278. The lowest BCUT2D eigenvalue weighted by Crippen LogP contribution is -2.35. The van der Waals surface area contributed by atoms with Crippen molar-refractivity contribution in [1.82, 2.24) is 9.66 Å². The molecule has 2 heterocycles. The summed E-state index contributed by atoms with van der Waals surface area (Å²) in [6.07, 6.45) is 4.03. The van der Waals surface area contributed by atoms with Gasteiger partial charge < -0.3 is 0 Å². The minimum absolute atomic E-state index is 0.152. The highest BCUT2D eigenvalue weighted by Crippen LogP contribution is 2.33. The first-order valence-electron chi connectivity index (χ1n) is 8.15. The smallest absolute Gasteiger partial charge is 0.267 e. The first-order valence-corrected chi connectivity index (χ1v) is 8.97. The summed E-state index contributed by atoms with van der Waals surface area (Å²) in [6, 6.07) is 5.35. The van der Waals surface area contributed by atoms with Crippen molar-refractivity contribution in [3.05, 3.63) is 62.3 Å². The topological polar surface area (TPSA) is 64.0 Å². The second kappa shape index (κ2) is 6.07. The van der Waals surface area contributed by atoms with E-state index in [9.17, 15) is 14.0 Å². The van der Waals surface area contributed by atoms with Gasteiger partial charge in [0.2, 0.25) is 0 Å². The maximum atomic E-state index is 13.3. The Balaban J connectivity index is 1.79. The van der Waals surface area contributed by atoms with Crippen LogP contribution in [0.4, 0.5) is 4.39 Å². The predicted octanol–water partition coefficient (Wildman–Crippen LogP) is 3.17. The van der Waals surface area contributed by atoms with Crippen LogP contribution in [0.25, 0.3) is 10.2 Å². The maximum Gasteiger partial charge on any atom is 0.281 e. The Labute approximate surface area is 147 Å². The van der Waals surface area contributed by atoms with E-state index in [1.165, 1.54) is 23.1 Å². The zero-order valence-electron chi connectivity index (χ0n) is 13.6. The van der Waals surface area contributed by atoms with Gasteiger partial charge in [0.25, 0.3) is 11.5 Å². The minimum Gasteiger partial charge on any atom is -0.267 e. The summed E-state index contributed by atoms with van der Waals surface area (Å²) in [5, 5.41) is 0.602. The first-order chi connectivity index (χ1) is 12.0. The third kappa shape index (κ3) is 2.74. The van der Waals surface area contributed by atoms with Gasteiger partial charge in [-0.15, -0.1) is 11.3 Å². The molecule has 7 heteroatoms. The van der Waals surface area contributed by atoms with E-state index < -0.39 is 11.7 Å². The highest BCUT2D eigenvalue weighted by atomic mass is 32.1. The number of halogens is 1. The van der Waals surface area contributed by atoms with Gasteiger partial charge in [-0.3, -0.25) is 15.0 Å². The highest BCUT2D eigenvalue weighted by molar-refractivity contribution is 7.18. The summed E-state index contributed by atoms with van der Waals surface area (Å²) in [7, 11) is 0. The summed E-state index contributed by atoms with van der Waals surface area (Å²) < 4.78 is 14.5. The number of carbonyl (C=O) groups excluding carboxylic acids is 1. The quantitative estimate of drug-likeness (QED) is 0.766. The molecule has 0 unspecified atom stereocenters. The molecule has 1 aliphatic carbocycles. The van der Waals surface area contributed by atoms with Gasteiger partial charge >= 0.3 is 0 Å². The molecule has 0 spiro atoms. The predicted molar refractivity (Wildman–Crippen MR) is 95.4 cm³/mol. The molecule has 0 aliphatic heterocycles. The van der Waals surface area contributed by atoms with E-state index >= 15 is 0 Å². The Morgan fingerprint density at radius 3 is 2.92 bits per heavy atom. The number of benzene rings is 1. The number of carbonyl (C=O) groups is 1. The molecule has 0 radical (unpaired) electrons. The molecule has 0 saturated heterocycles. The van der Waals surface area contributed by atoms with Gasteiger partial charge in [0.15, 0.2) is 0 Å². The van der Waals surface area contributed by atoms with Crippen LogP contribution in [0.3, 0.4) is 0 Å². The van der Waals surface area contributed by atoms with Crippen LogP contribution in [0, 0.1) is 12.7 Å². The van der Waals surface area contributed by atoms with Crippen molar-refractivity contribution < 1.29 is 9.18 Å². The number of aryl methyl sites for hydroxylation is 3. The number of nitrogens with zero attached hydrogens (tertiary/aromatic N) is 2. The lowest BCUT2D eigenvalue weighted by molar-refractivity contribution is 0.101. The van der Waals surface area contributed by atoms with E-state index in [1.807, 2.05) is 0 Å². The van der Waals surface area contributed by atoms with Gasteiger partial charge in [0, 0.05) is 10.4 Å². The van der Waals surface area contributed by atoms with E-state index in [0.29, 0.717) is 11.2 Å². The van der Waals surface area contributed by atoms with Gasteiger partial charge in [0.1, 0.15) is 16.5 Å². The minimum atomic E-state index is -0.546. The van der Waals surface area contributed by atoms with E-state index in [4.69, 9.17) is 0 Å². The fourth-order valence-electron chi connectivity index (χ4n) is 3.23. The normalized spacial score (nSPS) is 13.7. The van der Waals surface area contributed by atoms with E-state index in [2.05, 4.69) is 10.4 Å². The Kier molecular flexibility index (Phi) is 3.88. The molecule has 1 aliphatic rings. The number of thiophene rings is 1. The summed E-state index contributed by atoms with van der Waals surface area (Å²) in [4.78, 5) is 31.8. The number of aromatic nitrogens is 2. The Bertz CT molecular complexity index is 1050. The van der Waals surface area contributed by atoms with Gasteiger partial charge in [-0.1, -0.05) is 6.07 Å². The maximum absolute atomic E-state index is 13.3.